The summed E-state index contributed by atoms with van der Waals surface area (Å²) in [4.78, 5) is 10.5. The summed E-state index contributed by atoms with van der Waals surface area (Å²) in [6, 6.07) is 1.47. The molecule has 4 rings (SSSR count). The van der Waals surface area contributed by atoms with Crippen LogP contribution in [0.4, 0.5) is 0 Å². The Morgan fingerprint density at radius 3 is 2.37 bits per heavy atom. The molecule has 2 N–H and O–H groups in total. The molecule has 0 aromatic heterocycles. The van der Waals surface area contributed by atoms with Crippen LogP contribution in [0.25, 0.3) is 0 Å². The molecule has 0 radical (unpaired) electrons. The zero-order chi connectivity index (χ0) is 18.5. The molecule has 6 heteroatoms. The van der Waals surface area contributed by atoms with Crippen molar-refractivity contribution in [1.29, 1.82) is 0 Å². The quantitative estimate of drug-likeness (QED) is 0.546. The molecule has 27 heavy (non-hydrogen) atoms. The normalized spacial score (nSPS) is 28.4. The van der Waals surface area contributed by atoms with Gasteiger partial charge in [0.1, 0.15) is 0 Å². The molecule has 3 aliphatic heterocycles. The third kappa shape index (κ3) is 4.96. The van der Waals surface area contributed by atoms with Crippen molar-refractivity contribution in [1.82, 2.24) is 20.4 Å². The number of piperidine rings is 1. The second kappa shape index (κ2) is 9.10. The van der Waals surface area contributed by atoms with Gasteiger partial charge in [0.2, 0.25) is 0 Å². The first kappa shape index (κ1) is 19.5. The smallest absolute Gasteiger partial charge is 0.191 e. The van der Waals surface area contributed by atoms with E-state index in [9.17, 15) is 0 Å². The standard InChI is InChI=1S/C21H39N5O/c1-2-22-20(24-18-7-13-25(14-8-18)19-5-6-19)23-17-21(9-15-27-16-10-21)26-11-3-4-12-26/h18-19H,2-17H2,1H3,(H2,22,23,24). The van der Waals surface area contributed by atoms with Crippen molar-refractivity contribution in [3.63, 3.8) is 0 Å². The number of nitrogens with zero attached hydrogens (tertiary/aromatic N) is 3. The molecule has 3 heterocycles. The van der Waals surface area contributed by atoms with Gasteiger partial charge in [0.25, 0.3) is 0 Å². The SMILES string of the molecule is CCNC(=NCC1(N2CCCC2)CCOCC1)NC1CCN(C2CC2)CC1. The molecule has 1 aliphatic carbocycles. The van der Waals surface area contributed by atoms with Crippen molar-refractivity contribution in [2.24, 2.45) is 4.99 Å². The predicted molar refractivity (Wildman–Crippen MR) is 110 cm³/mol. The number of guanidine groups is 1. The van der Waals surface area contributed by atoms with Crippen LogP contribution < -0.4 is 10.6 Å². The number of rotatable bonds is 6. The Balaban J connectivity index is 1.35. The molecule has 0 bridgehead atoms. The number of likely N-dealkylation sites (tertiary alicyclic amines) is 2. The number of aliphatic imine (C=N–C) groups is 1. The third-order valence-electron chi connectivity index (χ3n) is 7.01. The minimum Gasteiger partial charge on any atom is -0.381 e. The van der Waals surface area contributed by atoms with E-state index in [1.54, 1.807) is 0 Å². The Hall–Kier alpha value is -0.850. The van der Waals surface area contributed by atoms with Crippen molar-refractivity contribution in [3.05, 3.63) is 0 Å². The summed E-state index contributed by atoms with van der Waals surface area (Å²) in [5.74, 6) is 1.02. The lowest BCUT2D eigenvalue weighted by atomic mass is 9.88. The third-order valence-corrected chi connectivity index (χ3v) is 7.01. The van der Waals surface area contributed by atoms with Gasteiger partial charge in [-0.3, -0.25) is 9.89 Å². The molecule has 4 fully saturated rings. The summed E-state index contributed by atoms with van der Waals surface area (Å²) < 4.78 is 5.68. The maximum atomic E-state index is 5.68. The lowest BCUT2D eigenvalue weighted by molar-refractivity contribution is -0.0139. The van der Waals surface area contributed by atoms with Gasteiger partial charge in [0.15, 0.2) is 5.96 Å². The molecule has 0 unspecified atom stereocenters. The van der Waals surface area contributed by atoms with Crippen LogP contribution in [-0.2, 0) is 4.74 Å². The van der Waals surface area contributed by atoms with E-state index in [1.165, 1.54) is 64.7 Å². The van der Waals surface area contributed by atoms with E-state index in [2.05, 4.69) is 27.4 Å². The van der Waals surface area contributed by atoms with Gasteiger partial charge >= 0.3 is 0 Å². The summed E-state index contributed by atoms with van der Waals surface area (Å²) in [5, 5.41) is 7.25. The van der Waals surface area contributed by atoms with Crippen LogP contribution >= 0.6 is 0 Å². The summed E-state index contributed by atoms with van der Waals surface area (Å²) in [5.41, 5.74) is 0.215. The number of ether oxygens (including phenoxy) is 1. The number of nitrogens with one attached hydrogen (secondary N) is 2. The van der Waals surface area contributed by atoms with Crippen LogP contribution in [-0.4, -0.2) is 85.9 Å². The van der Waals surface area contributed by atoms with Gasteiger partial charge in [-0.25, -0.2) is 0 Å². The molecule has 1 saturated carbocycles. The summed E-state index contributed by atoms with van der Waals surface area (Å²) in [6.07, 6.45) is 10.2. The van der Waals surface area contributed by atoms with E-state index in [1.807, 2.05) is 0 Å². The minimum absolute atomic E-state index is 0.215. The van der Waals surface area contributed by atoms with E-state index in [-0.39, 0.29) is 5.54 Å². The maximum Gasteiger partial charge on any atom is 0.191 e. The topological polar surface area (TPSA) is 52.1 Å². The molecule has 6 nitrogen and oxygen atoms in total. The van der Waals surface area contributed by atoms with Crippen molar-refractivity contribution in [2.45, 2.75) is 75.9 Å². The van der Waals surface area contributed by atoms with E-state index in [4.69, 9.17) is 9.73 Å². The van der Waals surface area contributed by atoms with Gasteiger partial charge in [-0.1, -0.05) is 0 Å². The molecule has 0 atom stereocenters. The van der Waals surface area contributed by atoms with Crippen molar-refractivity contribution in [2.75, 3.05) is 52.5 Å². The minimum atomic E-state index is 0.215. The fourth-order valence-electron chi connectivity index (χ4n) is 5.11. The maximum absolute atomic E-state index is 5.68. The van der Waals surface area contributed by atoms with Crippen LogP contribution in [0, 0.1) is 0 Å². The van der Waals surface area contributed by atoms with E-state index in [0.717, 1.165) is 51.1 Å². The highest BCUT2D eigenvalue weighted by Crippen LogP contribution is 2.32. The molecular weight excluding hydrogens is 338 g/mol. The van der Waals surface area contributed by atoms with E-state index >= 15 is 0 Å². The molecule has 3 saturated heterocycles. The Kier molecular flexibility index (Phi) is 6.56. The largest absolute Gasteiger partial charge is 0.381 e. The van der Waals surface area contributed by atoms with Gasteiger partial charge in [0, 0.05) is 50.5 Å². The molecule has 0 spiro atoms. The first-order valence-electron chi connectivity index (χ1n) is 11.4. The Labute approximate surface area is 165 Å². The second-order valence-electron chi connectivity index (χ2n) is 8.91. The van der Waals surface area contributed by atoms with Crippen LogP contribution in [0.5, 0.6) is 0 Å². The molecule has 0 amide bonds. The Bertz CT molecular complexity index is 487. The van der Waals surface area contributed by atoms with Gasteiger partial charge in [-0.15, -0.1) is 0 Å². The van der Waals surface area contributed by atoms with Crippen LogP contribution in [0.1, 0.15) is 58.3 Å². The molecular formula is C21H39N5O. The Morgan fingerprint density at radius 1 is 1.04 bits per heavy atom. The first-order valence-corrected chi connectivity index (χ1v) is 11.4. The van der Waals surface area contributed by atoms with Gasteiger partial charge in [-0.05, 0) is 71.4 Å². The highest BCUT2D eigenvalue weighted by Gasteiger charge is 2.39. The molecule has 0 aromatic carbocycles. The van der Waals surface area contributed by atoms with Crippen LogP contribution in [0.2, 0.25) is 0 Å². The zero-order valence-electron chi connectivity index (χ0n) is 17.2. The summed E-state index contributed by atoms with van der Waals surface area (Å²) in [6.45, 7) is 10.7. The van der Waals surface area contributed by atoms with E-state index in [0.29, 0.717) is 6.04 Å². The van der Waals surface area contributed by atoms with Gasteiger partial charge in [0.05, 0.1) is 6.54 Å². The predicted octanol–water partition coefficient (Wildman–Crippen LogP) is 1.81. The highest BCUT2D eigenvalue weighted by atomic mass is 16.5. The fourth-order valence-corrected chi connectivity index (χ4v) is 5.11. The summed E-state index contributed by atoms with van der Waals surface area (Å²) >= 11 is 0. The van der Waals surface area contributed by atoms with Crippen molar-refractivity contribution < 1.29 is 4.74 Å². The van der Waals surface area contributed by atoms with Crippen LogP contribution in [0.3, 0.4) is 0 Å². The monoisotopic (exact) mass is 377 g/mol. The van der Waals surface area contributed by atoms with Crippen LogP contribution in [0.15, 0.2) is 4.99 Å². The van der Waals surface area contributed by atoms with E-state index < -0.39 is 0 Å². The molecule has 154 valence electrons. The molecule has 4 aliphatic rings. The average molecular weight is 378 g/mol. The number of hydrogen-bond donors (Lipinski definition) is 2. The first-order chi connectivity index (χ1) is 13.3. The van der Waals surface area contributed by atoms with Crippen molar-refractivity contribution in [3.8, 4) is 0 Å². The highest BCUT2D eigenvalue weighted by molar-refractivity contribution is 5.80. The lowest BCUT2D eigenvalue weighted by Gasteiger charge is -2.43. The van der Waals surface area contributed by atoms with Gasteiger partial charge in [-0.2, -0.15) is 0 Å². The van der Waals surface area contributed by atoms with Crippen molar-refractivity contribution >= 4 is 5.96 Å². The van der Waals surface area contributed by atoms with Gasteiger partial charge < -0.3 is 20.3 Å². The second-order valence-corrected chi connectivity index (χ2v) is 8.91. The molecule has 0 aromatic rings. The zero-order valence-corrected chi connectivity index (χ0v) is 17.2. The number of hydrogen-bond acceptors (Lipinski definition) is 4. The Morgan fingerprint density at radius 2 is 1.74 bits per heavy atom. The fraction of sp³-hybridized carbons (Fsp3) is 0.952. The average Bonchev–Trinajstić information content (AvgIpc) is 3.40. The summed E-state index contributed by atoms with van der Waals surface area (Å²) in [7, 11) is 0. The lowest BCUT2D eigenvalue weighted by Crippen LogP contribution is -2.54.